The van der Waals surface area contributed by atoms with Gasteiger partial charge in [-0.1, -0.05) is 29.5 Å². The van der Waals surface area contributed by atoms with Crippen LogP contribution in [0.15, 0.2) is 36.5 Å². The maximum absolute atomic E-state index is 12.8. The van der Waals surface area contributed by atoms with Crippen LogP contribution in [0.5, 0.6) is 0 Å². The third-order valence-corrected chi connectivity index (χ3v) is 4.02. The van der Waals surface area contributed by atoms with E-state index in [0.29, 0.717) is 25.2 Å². The average molecular weight is 330 g/mol. The van der Waals surface area contributed by atoms with Crippen LogP contribution >= 0.6 is 0 Å². The third-order valence-electron chi connectivity index (χ3n) is 4.02. The normalized spacial score (nSPS) is 16.4. The zero-order chi connectivity index (χ0) is 17.1. The van der Waals surface area contributed by atoms with Crippen molar-refractivity contribution in [3.05, 3.63) is 53.6 Å². The van der Waals surface area contributed by atoms with E-state index >= 15 is 0 Å². The molecule has 1 aromatic heterocycles. The van der Waals surface area contributed by atoms with Gasteiger partial charge < -0.3 is 10.0 Å². The summed E-state index contributed by atoms with van der Waals surface area (Å²) in [5, 5.41) is 17.3. The summed E-state index contributed by atoms with van der Waals surface area (Å²) in [6, 6.07) is 6.22. The number of likely N-dealkylation sites (tertiary alicyclic amines) is 1. The van der Waals surface area contributed by atoms with E-state index in [1.165, 1.54) is 12.1 Å². The van der Waals surface area contributed by atoms with Crippen molar-refractivity contribution in [3.63, 3.8) is 0 Å². The van der Waals surface area contributed by atoms with Crippen LogP contribution in [0.3, 0.4) is 0 Å². The van der Waals surface area contributed by atoms with E-state index in [0.717, 1.165) is 5.56 Å². The monoisotopic (exact) mass is 330 g/mol. The zero-order valence-electron chi connectivity index (χ0n) is 13.3. The molecule has 0 bridgehead atoms. The first-order chi connectivity index (χ1) is 11.5. The molecule has 24 heavy (non-hydrogen) atoms. The molecule has 1 N–H and O–H groups in total. The van der Waals surface area contributed by atoms with Crippen molar-refractivity contribution in [2.75, 3.05) is 13.1 Å². The number of aliphatic hydroxyl groups excluding tert-OH is 1. The molecular weight excluding hydrogens is 311 g/mol. The van der Waals surface area contributed by atoms with Crippen molar-refractivity contribution in [2.24, 2.45) is 0 Å². The van der Waals surface area contributed by atoms with Gasteiger partial charge in [0.25, 0.3) is 0 Å². The van der Waals surface area contributed by atoms with Crippen LogP contribution in [0.1, 0.15) is 36.7 Å². The van der Waals surface area contributed by atoms with Gasteiger partial charge in [0.1, 0.15) is 11.5 Å². The Kier molecular flexibility index (Phi) is 4.71. The highest BCUT2D eigenvalue weighted by atomic mass is 19.1. The quantitative estimate of drug-likeness (QED) is 0.910. The van der Waals surface area contributed by atoms with Gasteiger partial charge in [0.15, 0.2) is 0 Å². The van der Waals surface area contributed by atoms with Crippen LogP contribution in [0.25, 0.3) is 6.08 Å². The lowest BCUT2D eigenvalue weighted by molar-refractivity contribution is -0.136. The van der Waals surface area contributed by atoms with Crippen LogP contribution in [0.4, 0.5) is 4.39 Å². The summed E-state index contributed by atoms with van der Waals surface area (Å²) < 4.78 is 14.5. The maximum Gasteiger partial charge on any atom is 0.226 e. The molecule has 0 radical (unpaired) electrons. The van der Waals surface area contributed by atoms with Crippen molar-refractivity contribution >= 4 is 12.0 Å². The fraction of sp³-hybridized carbons (Fsp3) is 0.353. The summed E-state index contributed by atoms with van der Waals surface area (Å²) in [7, 11) is 0. The van der Waals surface area contributed by atoms with Gasteiger partial charge >= 0.3 is 0 Å². The molecular formula is C17H19FN4O2. The van der Waals surface area contributed by atoms with E-state index in [1.807, 2.05) is 0 Å². The van der Waals surface area contributed by atoms with E-state index < -0.39 is 6.10 Å². The molecule has 7 heteroatoms. The molecule has 1 amide bonds. The minimum absolute atomic E-state index is 0.0421. The van der Waals surface area contributed by atoms with Gasteiger partial charge in [0, 0.05) is 19.5 Å². The lowest BCUT2D eigenvalue weighted by Gasteiger charge is -2.38. The van der Waals surface area contributed by atoms with Gasteiger partial charge in [0.05, 0.1) is 18.3 Å². The second-order valence-electron chi connectivity index (χ2n) is 5.91. The molecule has 1 fully saturated rings. The van der Waals surface area contributed by atoms with Crippen molar-refractivity contribution in [3.8, 4) is 0 Å². The van der Waals surface area contributed by atoms with E-state index in [4.69, 9.17) is 0 Å². The van der Waals surface area contributed by atoms with Crippen molar-refractivity contribution < 1.29 is 14.3 Å². The number of carbonyl (C=O) groups is 1. The van der Waals surface area contributed by atoms with E-state index in [-0.39, 0.29) is 17.8 Å². The first-order valence-electron chi connectivity index (χ1n) is 7.82. The van der Waals surface area contributed by atoms with E-state index in [2.05, 4.69) is 10.3 Å². The Morgan fingerprint density at radius 2 is 2.12 bits per heavy atom. The van der Waals surface area contributed by atoms with Crippen LogP contribution in [0.2, 0.25) is 0 Å². The topological polar surface area (TPSA) is 71.2 Å². The highest BCUT2D eigenvalue weighted by Gasteiger charge is 2.32. The number of benzene rings is 1. The molecule has 0 saturated carbocycles. The Hall–Kier alpha value is -2.54. The molecule has 6 nitrogen and oxygen atoms in total. The summed E-state index contributed by atoms with van der Waals surface area (Å²) in [5.41, 5.74) is 1.39. The number of carbonyl (C=O) groups excluding carboxylic acids is 1. The predicted octanol–water partition coefficient (Wildman–Crippen LogP) is 1.96. The molecule has 1 aliphatic heterocycles. The van der Waals surface area contributed by atoms with Crippen LogP contribution in [-0.4, -0.2) is 44.0 Å². The number of rotatable bonds is 5. The molecule has 2 heterocycles. The Balaban J connectivity index is 1.46. The largest absolute Gasteiger partial charge is 0.387 e. The summed E-state index contributed by atoms with van der Waals surface area (Å²) in [4.78, 5) is 13.8. The Bertz CT molecular complexity index is 733. The molecule has 1 aromatic carbocycles. The summed E-state index contributed by atoms with van der Waals surface area (Å²) in [5.74, 6) is -0.234. The molecule has 1 saturated heterocycles. The zero-order valence-corrected chi connectivity index (χ0v) is 13.3. The second-order valence-corrected chi connectivity index (χ2v) is 5.91. The number of hydrogen-bond donors (Lipinski definition) is 1. The number of aliphatic hydroxyl groups is 1. The van der Waals surface area contributed by atoms with Gasteiger partial charge in [-0.15, -0.1) is 5.10 Å². The molecule has 0 spiro atoms. The van der Waals surface area contributed by atoms with Crippen molar-refractivity contribution in [2.45, 2.75) is 25.5 Å². The maximum atomic E-state index is 12.8. The number of nitrogens with zero attached hydrogens (tertiary/aromatic N) is 4. The summed E-state index contributed by atoms with van der Waals surface area (Å²) in [6.07, 6.45) is 4.96. The molecule has 0 aliphatic carbocycles. The van der Waals surface area contributed by atoms with Crippen molar-refractivity contribution in [1.82, 2.24) is 19.9 Å². The van der Waals surface area contributed by atoms with Crippen LogP contribution in [-0.2, 0) is 4.79 Å². The van der Waals surface area contributed by atoms with Crippen LogP contribution < -0.4 is 0 Å². The van der Waals surface area contributed by atoms with Crippen molar-refractivity contribution in [1.29, 1.82) is 0 Å². The van der Waals surface area contributed by atoms with Gasteiger partial charge in [-0.3, -0.25) is 4.79 Å². The molecule has 2 aromatic rings. The fourth-order valence-electron chi connectivity index (χ4n) is 2.49. The number of aromatic nitrogens is 3. The molecule has 1 unspecified atom stereocenters. The van der Waals surface area contributed by atoms with E-state index in [9.17, 15) is 14.3 Å². The Morgan fingerprint density at radius 3 is 2.75 bits per heavy atom. The highest BCUT2D eigenvalue weighted by Crippen LogP contribution is 2.22. The Morgan fingerprint density at radius 1 is 1.42 bits per heavy atom. The minimum atomic E-state index is -0.645. The number of halogens is 1. The predicted molar refractivity (Wildman–Crippen MR) is 86.3 cm³/mol. The molecule has 1 atom stereocenters. The molecule has 1 aliphatic rings. The first-order valence-corrected chi connectivity index (χ1v) is 7.82. The molecule has 3 rings (SSSR count). The third kappa shape index (κ3) is 3.68. The van der Waals surface area contributed by atoms with Gasteiger partial charge in [-0.2, -0.15) is 0 Å². The summed E-state index contributed by atoms with van der Waals surface area (Å²) >= 11 is 0. The van der Waals surface area contributed by atoms with E-state index in [1.54, 1.807) is 47.0 Å². The number of hydrogen-bond acceptors (Lipinski definition) is 4. The fourth-order valence-corrected chi connectivity index (χ4v) is 2.49. The average Bonchev–Trinajstić information content (AvgIpc) is 2.97. The molecule has 126 valence electrons. The standard InChI is InChI=1S/C17H19FN4O2/c1-12(23)16-11-22(20-19-16)15-9-21(10-15)17(24)4-2-3-13-5-7-14(18)8-6-13/h2-3,5-8,11-12,15,23H,4,9-10H2,1H3/b3-2+. The highest BCUT2D eigenvalue weighted by molar-refractivity contribution is 5.79. The van der Waals surface area contributed by atoms with Gasteiger partial charge in [-0.25, -0.2) is 9.07 Å². The summed E-state index contributed by atoms with van der Waals surface area (Å²) in [6.45, 7) is 2.82. The smallest absolute Gasteiger partial charge is 0.226 e. The minimum Gasteiger partial charge on any atom is -0.387 e. The lowest BCUT2D eigenvalue weighted by Crippen LogP contribution is -2.50. The number of amides is 1. The van der Waals surface area contributed by atoms with Crippen LogP contribution in [0, 0.1) is 5.82 Å². The lowest BCUT2D eigenvalue weighted by atomic mass is 10.1. The Labute approximate surface area is 139 Å². The van der Waals surface area contributed by atoms with Gasteiger partial charge in [-0.05, 0) is 24.6 Å². The van der Waals surface area contributed by atoms with Gasteiger partial charge in [0.2, 0.25) is 5.91 Å². The first kappa shape index (κ1) is 16.3. The second kappa shape index (κ2) is 6.92. The SMILES string of the molecule is CC(O)c1cn(C2CN(C(=O)C/C=C/c3ccc(F)cc3)C2)nn1.